The van der Waals surface area contributed by atoms with Crippen LogP contribution in [0.1, 0.15) is 11.1 Å². The second-order valence-corrected chi connectivity index (χ2v) is 5.33. The van der Waals surface area contributed by atoms with Crippen molar-refractivity contribution in [3.8, 4) is 0 Å². The average molecular weight is 329 g/mol. The number of rotatable bonds is 3. The van der Waals surface area contributed by atoms with Gasteiger partial charge >= 0.3 is 0 Å². The van der Waals surface area contributed by atoms with Crippen LogP contribution in [-0.2, 0) is 6.54 Å². The highest BCUT2D eigenvalue weighted by Gasteiger charge is 2.04. The molecule has 0 unspecified atom stereocenters. The molecule has 1 nitrogen and oxygen atoms in total. The van der Waals surface area contributed by atoms with Gasteiger partial charge in [0.15, 0.2) is 0 Å². The summed E-state index contributed by atoms with van der Waals surface area (Å²) in [6.45, 7) is 2.50. The van der Waals surface area contributed by atoms with Crippen molar-refractivity contribution in [2.75, 3.05) is 5.32 Å². The first-order chi connectivity index (χ1) is 8.56. The van der Waals surface area contributed by atoms with Gasteiger partial charge in [-0.2, -0.15) is 0 Å². The summed E-state index contributed by atoms with van der Waals surface area (Å²) in [4.78, 5) is 0. The van der Waals surface area contributed by atoms with Gasteiger partial charge in [-0.1, -0.05) is 23.7 Å². The molecule has 0 saturated carbocycles. The van der Waals surface area contributed by atoms with E-state index >= 15 is 0 Å². The highest BCUT2D eigenvalue weighted by atomic mass is 79.9. The molecule has 94 valence electrons. The van der Waals surface area contributed by atoms with Gasteiger partial charge < -0.3 is 5.32 Å². The third-order valence-electron chi connectivity index (χ3n) is 2.62. The van der Waals surface area contributed by atoms with Crippen LogP contribution in [0.4, 0.5) is 10.1 Å². The van der Waals surface area contributed by atoms with Crippen molar-refractivity contribution in [2.24, 2.45) is 0 Å². The molecule has 0 heterocycles. The third-order valence-corrected chi connectivity index (χ3v) is 3.68. The van der Waals surface area contributed by atoms with E-state index in [4.69, 9.17) is 11.6 Å². The van der Waals surface area contributed by atoms with E-state index in [9.17, 15) is 4.39 Å². The van der Waals surface area contributed by atoms with Crippen molar-refractivity contribution in [1.82, 2.24) is 0 Å². The van der Waals surface area contributed by atoms with Gasteiger partial charge in [0, 0.05) is 16.0 Å². The summed E-state index contributed by atoms with van der Waals surface area (Å²) in [7, 11) is 0. The van der Waals surface area contributed by atoms with Crippen molar-refractivity contribution in [3.63, 3.8) is 0 Å². The molecule has 0 spiro atoms. The Hall–Kier alpha value is -1.06. The Morgan fingerprint density at radius 3 is 2.78 bits per heavy atom. The molecule has 0 bridgehead atoms. The smallest absolute Gasteiger partial charge is 0.123 e. The summed E-state index contributed by atoms with van der Waals surface area (Å²) in [6, 6.07) is 10.3. The minimum absolute atomic E-state index is 0.227. The second kappa shape index (κ2) is 5.72. The van der Waals surface area contributed by atoms with Crippen LogP contribution in [0.5, 0.6) is 0 Å². The standard InChI is InChI=1S/C14H12BrClFN/c1-9-5-12(15)14(7-13(9)16)18-8-10-3-2-4-11(17)6-10/h2-7,18H,8H2,1H3. The predicted octanol–water partition coefficient (Wildman–Crippen LogP) is 5.16. The lowest BCUT2D eigenvalue weighted by Crippen LogP contribution is -2.00. The Kier molecular flexibility index (Phi) is 4.25. The first-order valence-electron chi connectivity index (χ1n) is 5.50. The molecule has 2 rings (SSSR count). The van der Waals surface area contributed by atoms with Gasteiger partial charge in [-0.05, 0) is 58.2 Å². The van der Waals surface area contributed by atoms with Crippen LogP contribution in [0.25, 0.3) is 0 Å². The number of benzene rings is 2. The van der Waals surface area contributed by atoms with Crippen molar-refractivity contribution in [1.29, 1.82) is 0 Å². The zero-order valence-electron chi connectivity index (χ0n) is 9.81. The number of nitrogens with one attached hydrogen (secondary N) is 1. The van der Waals surface area contributed by atoms with E-state index in [1.807, 2.05) is 25.1 Å². The van der Waals surface area contributed by atoms with Crippen molar-refractivity contribution in [3.05, 3.63) is 62.8 Å². The maximum Gasteiger partial charge on any atom is 0.123 e. The number of hydrogen-bond donors (Lipinski definition) is 1. The summed E-state index contributed by atoms with van der Waals surface area (Å²) >= 11 is 9.55. The lowest BCUT2D eigenvalue weighted by Gasteiger charge is -2.10. The molecule has 0 aliphatic heterocycles. The molecule has 18 heavy (non-hydrogen) atoms. The Balaban J connectivity index is 2.13. The van der Waals surface area contributed by atoms with Crippen molar-refractivity contribution in [2.45, 2.75) is 13.5 Å². The van der Waals surface area contributed by atoms with Crippen LogP contribution in [-0.4, -0.2) is 0 Å². The summed E-state index contributed by atoms with van der Waals surface area (Å²) in [6.07, 6.45) is 0. The molecule has 0 radical (unpaired) electrons. The second-order valence-electron chi connectivity index (χ2n) is 4.06. The normalized spacial score (nSPS) is 10.4. The summed E-state index contributed by atoms with van der Waals surface area (Å²) in [5.74, 6) is -0.227. The number of halogens is 3. The van der Waals surface area contributed by atoms with Crippen LogP contribution >= 0.6 is 27.5 Å². The molecule has 0 amide bonds. The monoisotopic (exact) mass is 327 g/mol. The van der Waals surface area contributed by atoms with Gasteiger partial charge in [-0.15, -0.1) is 0 Å². The Labute approximate surface area is 119 Å². The molecule has 0 fully saturated rings. The van der Waals surface area contributed by atoms with Gasteiger partial charge in [0.25, 0.3) is 0 Å². The highest BCUT2D eigenvalue weighted by molar-refractivity contribution is 9.10. The fraction of sp³-hybridized carbons (Fsp3) is 0.143. The summed E-state index contributed by atoms with van der Waals surface area (Å²) < 4.78 is 14.0. The van der Waals surface area contributed by atoms with Crippen LogP contribution in [0, 0.1) is 12.7 Å². The van der Waals surface area contributed by atoms with Gasteiger partial charge in [0.1, 0.15) is 5.82 Å². The third kappa shape index (κ3) is 3.24. The molecule has 0 aliphatic rings. The molecule has 0 aliphatic carbocycles. The van der Waals surface area contributed by atoms with Gasteiger partial charge in [0.05, 0.1) is 5.69 Å². The van der Waals surface area contributed by atoms with E-state index in [1.165, 1.54) is 12.1 Å². The predicted molar refractivity (Wildman–Crippen MR) is 77.6 cm³/mol. The minimum atomic E-state index is -0.227. The molecular formula is C14H12BrClFN. The zero-order chi connectivity index (χ0) is 13.1. The highest BCUT2D eigenvalue weighted by Crippen LogP contribution is 2.29. The maximum atomic E-state index is 13.0. The fourth-order valence-corrected chi connectivity index (χ4v) is 2.39. The van der Waals surface area contributed by atoms with Gasteiger partial charge in [0.2, 0.25) is 0 Å². The molecule has 0 saturated heterocycles. The number of anilines is 1. The van der Waals surface area contributed by atoms with Crippen LogP contribution in [0.3, 0.4) is 0 Å². The van der Waals surface area contributed by atoms with Crippen LogP contribution in [0.2, 0.25) is 5.02 Å². The Morgan fingerprint density at radius 1 is 1.28 bits per heavy atom. The molecule has 4 heteroatoms. The Bertz CT molecular complexity index is 572. The van der Waals surface area contributed by atoms with E-state index < -0.39 is 0 Å². The fourth-order valence-electron chi connectivity index (χ4n) is 1.63. The molecule has 0 atom stereocenters. The van der Waals surface area contributed by atoms with Crippen molar-refractivity contribution < 1.29 is 4.39 Å². The van der Waals surface area contributed by atoms with E-state index in [-0.39, 0.29) is 5.82 Å². The number of aryl methyl sites for hydroxylation is 1. The lowest BCUT2D eigenvalue weighted by atomic mass is 10.2. The molecule has 0 aromatic heterocycles. The molecule has 1 N–H and O–H groups in total. The quantitative estimate of drug-likeness (QED) is 0.820. The molecular weight excluding hydrogens is 317 g/mol. The van der Waals surface area contributed by atoms with E-state index in [0.717, 1.165) is 21.3 Å². The Morgan fingerprint density at radius 2 is 2.06 bits per heavy atom. The number of hydrogen-bond acceptors (Lipinski definition) is 1. The maximum absolute atomic E-state index is 13.0. The topological polar surface area (TPSA) is 12.0 Å². The lowest BCUT2D eigenvalue weighted by molar-refractivity contribution is 0.626. The summed E-state index contributed by atoms with van der Waals surface area (Å²) in [5.41, 5.74) is 2.80. The van der Waals surface area contributed by atoms with E-state index in [0.29, 0.717) is 11.6 Å². The van der Waals surface area contributed by atoms with Crippen molar-refractivity contribution >= 4 is 33.2 Å². The first kappa shape index (κ1) is 13.4. The molecule has 2 aromatic rings. The largest absolute Gasteiger partial charge is 0.380 e. The minimum Gasteiger partial charge on any atom is -0.380 e. The van der Waals surface area contributed by atoms with Gasteiger partial charge in [-0.3, -0.25) is 0 Å². The first-order valence-corrected chi connectivity index (χ1v) is 6.67. The van der Waals surface area contributed by atoms with Crippen LogP contribution in [0.15, 0.2) is 40.9 Å². The SMILES string of the molecule is Cc1cc(Br)c(NCc2cccc(F)c2)cc1Cl. The average Bonchev–Trinajstić information content (AvgIpc) is 2.32. The van der Waals surface area contributed by atoms with E-state index in [1.54, 1.807) is 6.07 Å². The van der Waals surface area contributed by atoms with E-state index in [2.05, 4.69) is 21.2 Å². The molecule has 2 aromatic carbocycles. The zero-order valence-corrected chi connectivity index (χ0v) is 12.1. The van der Waals surface area contributed by atoms with Crippen LogP contribution < -0.4 is 5.32 Å². The summed E-state index contributed by atoms with van der Waals surface area (Å²) in [5, 5.41) is 3.93. The van der Waals surface area contributed by atoms with Gasteiger partial charge in [-0.25, -0.2) is 4.39 Å².